The molecular weight excluding hydrogens is 457 g/mol. The molecule has 0 fully saturated rings. The van der Waals surface area contributed by atoms with Crippen LogP contribution < -0.4 is 10.1 Å². The molecule has 11 heteroatoms. The number of hydrogen-bond acceptors (Lipinski definition) is 7. The number of hydrogen-bond donors (Lipinski definition) is 1. The number of alkyl carbamates (subject to hydrolysis) is 1. The smallest absolute Gasteiger partial charge is 0.433 e. The molecule has 3 rings (SSSR count). The van der Waals surface area contributed by atoms with Gasteiger partial charge in [-0.2, -0.15) is 13.2 Å². The van der Waals surface area contributed by atoms with Crippen LogP contribution in [0.15, 0.2) is 34.7 Å². The number of esters is 1. The van der Waals surface area contributed by atoms with Gasteiger partial charge in [0.15, 0.2) is 0 Å². The molecule has 0 saturated heterocycles. The van der Waals surface area contributed by atoms with E-state index in [1.54, 1.807) is 26.8 Å². The molecule has 1 aromatic carbocycles. The standard InChI is InChI=1S/C23H23F3N2O6/c1-22(2,3)34-21(30)27-11-17-14(20(29)32-5)10-16(33-17)12-6-8-15(31-4)19-13(12)7-9-18(28-19)23(24,25)26/h6-10H,11H2,1-5H3,(H,27,30). The summed E-state index contributed by atoms with van der Waals surface area (Å²) in [5, 5.41) is 2.81. The van der Waals surface area contributed by atoms with Crippen LogP contribution in [0.2, 0.25) is 0 Å². The first kappa shape index (κ1) is 24.9. The Labute approximate surface area is 193 Å². The number of methoxy groups -OCH3 is 2. The summed E-state index contributed by atoms with van der Waals surface area (Å²) in [7, 11) is 2.50. The van der Waals surface area contributed by atoms with Crippen LogP contribution in [0.5, 0.6) is 5.75 Å². The molecule has 0 aliphatic rings. The number of pyridine rings is 1. The molecule has 2 aromatic heterocycles. The largest absolute Gasteiger partial charge is 0.494 e. The number of carbonyl (C=O) groups excluding carboxylic acids is 2. The lowest BCUT2D eigenvalue weighted by atomic mass is 10.0. The Morgan fingerprint density at radius 2 is 1.79 bits per heavy atom. The van der Waals surface area contributed by atoms with Crippen LogP contribution in [0.1, 0.15) is 42.6 Å². The molecule has 2 heterocycles. The van der Waals surface area contributed by atoms with Crippen LogP contribution in [0.4, 0.5) is 18.0 Å². The average Bonchev–Trinajstić information content (AvgIpc) is 3.18. The topological polar surface area (TPSA) is 99.9 Å². The number of furan rings is 1. The predicted octanol–water partition coefficient (Wildman–Crippen LogP) is 5.33. The van der Waals surface area contributed by atoms with Gasteiger partial charge in [0, 0.05) is 10.9 Å². The number of fused-ring (bicyclic) bond motifs is 1. The number of rotatable bonds is 5. The number of amides is 1. The number of nitrogens with one attached hydrogen (secondary N) is 1. The number of carbonyl (C=O) groups is 2. The maximum absolute atomic E-state index is 13.2. The van der Waals surface area contributed by atoms with Crippen LogP contribution >= 0.6 is 0 Å². The molecule has 0 aliphatic heterocycles. The maximum Gasteiger partial charge on any atom is 0.433 e. The van der Waals surface area contributed by atoms with Gasteiger partial charge < -0.3 is 23.9 Å². The van der Waals surface area contributed by atoms with E-state index in [0.29, 0.717) is 10.9 Å². The lowest BCUT2D eigenvalue weighted by molar-refractivity contribution is -0.140. The highest BCUT2D eigenvalue weighted by Crippen LogP contribution is 2.38. The lowest BCUT2D eigenvalue weighted by Gasteiger charge is -2.19. The molecule has 0 spiro atoms. The van der Waals surface area contributed by atoms with Gasteiger partial charge in [0.1, 0.15) is 39.6 Å². The Kier molecular flexibility index (Phi) is 6.76. The summed E-state index contributed by atoms with van der Waals surface area (Å²) in [6.07, 6.45) is -5.36. The van der Waals surface area contributed by atoms with Gasteiger partial charge in [0.25, 0.3) is 0 Å². The molecule has 182 valence electrons. The number of halogens is 3. The van der Waals surface area contributed by atoms with Crippen LogP contribution in [0.25, 0.3) is 22.2 Å². The van der Waals surface area contributed by atoms with Gasteiger partial charge in [-0.3, -0.25) is 0 Å². The third-order valence-corrected chi connectivity index (χ3v) is 4.60. The first-order chi connectivity index (χ1) is 15.8. The highest BCUT2D eigenvalue weighted by molar-refractivity contribution is 5.99. The van der Waals surface area contributed by atoms with Crippen molar-refractivity contribution in [3.8, 4) is 17.1 Å². The minimum absolute atomic E-state index is 0.0285. The van der Waals surface area contributed by atoms with Crippen molar-refractivity contribution < 1.29 is 41.4 Å². The van der Waals surface area contributed by atoms with E-state index in [-0.39, 0.29) is 34.9 Å². The van der Waals surface area contributed by atoms with Crippen molar-refractivity contribution in [2.75, 3.05) is 14.2 Å². The fraction of sp³-hybridized carbons (Fsp3) is 0.348. The second kappa shape index (κ2) is 9.24. The molecule has 1 N–H and O–H groups in total. The molecule has 1 amide bonds. The number of alkyl halides is 3. The summed E-state index contributed by atoms with van der Waals surface area (Å²) in [4.78, 5) is 28.0. The van der Waals surface area contributed by atoms with E-state index in [9.17, 15) is 22.8 Å². The third-order valence-electron chi connectivity index (χ3n) is 4.60. The number of ether oxygens (including phenoxy) is 3. The van der Waals surface area contributed by atoms with Crippen LogP contribution in [-0.2, 0) is 22.2 Å². The van der Waals surface area contributed by atoms with Gasteiger partial charge in [-0.1, -0.05) is 0 Å². The van der Waals surface area contributed by atoms with Gasteiger partial charge in [0.05, 0.1) is 20.8 Å². The molecule has 0 atom stereocenters. The molecule has 8 nitrogen and oxygen atoms in total. The summed E-state index contributed by atoms with van der Waals surface area (Å²) in [5.74, 6) is -0.338. The fourth-order valence-electron chi connectivity index (χ4n) is 3.17. The molecule has 34 heavy (non-hydrogen) atoms. The lowest BCUT2D eigenvalue weighted by Crippen LogP contribution is -2.32. The van der Waals surface area contributed by atoms with Gasteiger partial charge in [-0.15, -0.1) is 0 Å². The molecule has 0 saturated carbocycles. The molecule has 0 bridgehead atoms. The predicted molar refractivity (Wildman–Crippen MR) is 115 cm³/mol. The van der Waals surface area contributed by atoms with Crippen LogP contribution in [0, 0.1) is 0 Å². The van der Waals surface area contributed by atoms with E-state index in [4.69, 9.17) is 18.6 Å². The number of nitrogens with zero attached hydrogens (tertiary/aromatic N) is 1. The van der Waals surface area contributed by atoms with E-state index in [1.165, 1.54) is 32.4 Å². The highest BCUT2D eigenvalue weighted by Gasteiger charge is 2.33. The van der Waals surface area contributed by atoms with Crippen molar-refractivity contribution in [3.05, 3.63) is 47.3 Å². The number of aromatic nitrogens is 1. The van der Waals surface area contributed by atoms with Crippen molar-refractivity contribution in [2.24, 2.45) is 0 Å². The quantitative estimate of drug-likeness (QED) is 0.493. The van der Waals surface area contributed by atoms with E-state index in [2.05, 4.69) is 10.3 Å². The summed E-state index contributed by atoms with van der Waals surface area (Å²) in [6, 6.07) is 6.50. The van der Waals surface area contributed by atoms with Gasteiger partial charge >= 0.3 is 18.2 Å². The normalized spacial score (nSPS) is 11.9. The summed E-state index contributed by atoms with van der Waals surface area (Å²) in [6.45, 7) is 4.91. The Morgan fingerprint density at radius 1 is 1.09 bits per heavy atom. The summed E-state index contributed by atoms with van der Waals surface area (Å²) < 4.78 is 60.6. The zero-order chi connectivity index (χ0) is 25.3. The Hall–Kier alpha value is -3.76. The third kappa shape index (κ3) is 5.41. The summed E-state index contributed by atoms with van der Waals surface area (Å²) in [5.41, 5.74) is -1.43. The monoisotopic (exact) mass is 480 g/mol. The van der Waals surface area contributed by atoms with Crippen LogP contribution in [0.3, 0.4) is 0 Å². The van der Waals surface area contributed by atoms with E-state index in [0.717, 1.165) is 6.07 Å². The maximum atomic E-state index is 13.2. The van der Waals surface area contributed by atoms with Gasteiger partial charge in [0.2, 0.25) is 0 Å². The first-order valence-corrected chi connectivity index (χ1v) is 10.1. The SMILES string of the molecule is COC(=O)c1cc(-c2ccc(OC)c3nc(C(F)(F)F)ccc23)oc1CNC(=O)OC(C)(C)C. The second-order valence-electron chi connectivity index (χ2n) is 8.20. The second-order valence-corrected chi connectivity index (χ2v) is 8.20. The Balaban J connectivity index is 2.06. The molecule has 0 radical (unpaired) electrons. The zero-order valence-corrected chi connectivity index (χ0v) is 19.1. The minimum Gasteiger partial charge on any atom is -0.494 e. The van der Waals surface area contributed by atoms with E-state index in [1.807, 2.05) is 0 Å². The fourth-order valence-corrected chi connectivity index (χ4v) is 3.17. The van der Waals surface area contributed by atoms with Crippen molar-refractivity contribution in [1.82, 2.24) is 10.3 Å². The van der Waals surface area contributed by atoms with E-state index < -0.39 is 29.5 Å². The molecular formula is C23H23F3N2O6. The Morgan fingerprint density at radius 3 is 2.38 bits per heavy atom. The van der Waals surface area contributed by atoms with E-state index >= 15 is 0 Å². The van der Waals surface area contributed by atoms with Gasteiger partial charge in [-0.05, 0) is 51.1 Å². The summed E-state index contributed by atoms with van der Waals surface area (Å²) >= 11 is 0. The van der Waals surface area contributed by atoms with Gasteiger partial charge in [-0.25, -0.2) is 14.6 Å². The molecule has 3 aromatic rings. The minimum atomic E-state index is -4.64. The van der Waals surface area contributed by atoms with Crippen molar-refractivity contribution in [1.29, 1.82) is 0 Å². The number of benzene rings is 1. The first-order valence-electron chi connectivity index (χ1n) is 10.1. The van der Waals surface area contributed by atoms with Crippen molar-refractivity contribution >= 4 is 23.0 Å². The molecule has 0 unspecified atom stereocenters. The van der Waals surface area contributed by atoms with Crippen LogP contribution in [-0.4, -0.2) is 36.9 Å². The highest BCUT2D eigenvalue weighted by atomic mass is 19.4. The molecule has 0 aliphatic carbocycles. The Bertz CT molecular complexity index is 1230. The zero-order valence-electron chi connectivity index (χ0n) is 19.1. The van der Waals surface area contributed by atoms with Crippen molar-refractivity contribution in [2.45, 2.75) is 39.1 Å². The van der Waals surface area contributed by atoms with Crippen molar-refractivity contribution in [3.63, 3.8) is 0 Å². The average molecular weight is 480 g/mol.